The number of hydrogen-bond donors (Lipinski definition) is 0. The Morgan fingerprint density at radius 1 is 1.29 bits per heavy atom. The molecule has 0 atom stereocenters. The van der Waals surface area contributed by atoms with Crippen molar-refractivity contribution in [3.05, 3.63) is 53.2 Å². The van der Waals surface area contributed by atoms with Crippen molar-refractivity contribution in [1.29, 1.82) is 0 Å². The van der Waals surface area contributed by atoms with E-state index in [1.165, 1.54) is 27.7 Å². The van der Waals surface area contributed by atoms with E-state index in [2.05, 4.69) is 62.4 Å². The molecule has 1 heteroatoms. The summed E-state index contributed by atoms with van der Waals surface area (Å²) in [4.78, 5) is 0. The van der Waals surface area contributed by atoms with E-state index in [1.807, 2.05) is 6.92 Å². The van der Waals surface area contributed by atoms with Crippen LogP contribution in [0.2, 0.25) is 0 Å². The number of aryl methyl sites for hydroxylation is 3. The Hall–Kier alpha value is -1.76. The molecule has 0 spiro atoms. The fraction of sp³-hybridized carbons (Fsp3) is 0.250. The number of aromatic nitrogens is 1. The first-order valence-electron chi connectivity index (χ1n) is 5.90. The smallest absolute Gasteiger partial charge is 0.0485 e. The maximum atomic E-state index is 3.90. The fourth-order valence-electron chi connectivity index (χ4n) is 2.22. The summed E-state index contributed by atoms with van der Waals surface area (Å²) in [6.45, 7) is 10.2. The zero-order valence-electron chi connectivity index (χ0n) is 11.0. The molecule has 2 rings (SSSR count). The fourth-order valence-corrected chi connectivity index (χ4v) is 2.22. The lowest BCUT2D eigenvalue weighted by atomic mass is 10.1. The van der Waals surface area contributed by atoms with Crippen molar-refractivity contribution in [1.82, 2.24) is 4.57 Å². The van der Waals surface area contributed by atoms with Crippen molar-refractivity contribution in [2.75, 3.05) is 0 Å². The molecule has 0 unspecified atom stereocenters. The minimum absolute atomic E-state index is 1.07. The monoisotopic (exact) mass is 225 g/mol. The summed E-state index contributed by atoms with van der Waals surface area (Å²) in [6.07, 6.45) is 4.21. The van der Waals surface area contributed by atoms with Gasteiger partial charge >= 0.3 is 0 Å². The van der Waals surface area contributed by atoms with Crippen LogP contribution in [0.5, 0.6) is 0 Å². The van der Waals surface area contributed by atoms with Crippen molar-refractivity contribution >= 4 is 17.0 Å². The lowest BCUT2D eigenvalue weighted by Crippen LogP contribution is -1.90. The quantitative estimate of drug-likeness (QED) is 0.668. The molecule has 1 nitrogen and oxygen atoms in total. The molecular formula is C16H19N. The van der Waals surface area contributed by atoms with Gasteiger partial charge in [0.15, 0.2) is 0 Å². The standard InChI is InChI=1S/C16H19N/c1-11(2)6-8-15-13(4)14-10-12(3)7-9-16(14)17(15)5/h6-10H,1H2,2-5H3/b8-6-. The summed E-state index contributed by atoms with van der Waals surface area (Å²) in [6, 6.07) is 6.60. The predicted molar refractivity (Wildman–Crippen MR) is 76.2 cm³/mol. The van der Waals surface area contributed by atoms with E-state index in [0.29, 0.717) is 0 Å². The molecule has 0 saturated carbocycles. The van der Waals surface area contributed by atoms with Gasteiger partial charge in [-0.15, -0.1) is 0 Å². The van der Waals surface area contributed by atoms with Gasteiger partial charge in [-0.2, -0.15) is 0 Å². The average molecular weight is 225 g/mol. The topological polar surface area (TPSA) is 4.93 Å². The summed E-state index contributed by atoms with van der Waals surface area (Å²) in [7, 11) is 2.11. The molecule has 0 fully saturated rings. The Bertz CT molecular complexity index is 612. The molecule has 17 heavy (non-hydrogen) atoms. The van der Waals surface area contributed by atoms with Crippen molar-refractivity contribution in [3.8, 4) is 0 Å². The van der Waals surface area contributed by atoms with Crippen LogP contribution in [0.1, 0.15) is 23.7 Å². The van der Waals surface area contributed by atoms with Gasteiger partial charge in [-0.3, -0.25) is 0 Å². The molecule has 0 saturated heterocycles. The molecule has 0 N–H and O–H groups in total. The normalized spacial score (nSPS) is 11.5. The third-order valence-corrected chi connectivity index (χ3v) is 3.19. The molecule has 2 aromatic rings. The second-order valence-corrected chi connectivity index (χ2v) is 4.77. The highest BCUT2D eigenvalue weighted by molar-refractivity contribution is 5.88. The van der Waals surface area contributed by atoms with Gasteiger partial charge in [0.1, 0.15) is 0 Å². The average Bonchev–Trinajstić information content (AvgIpc) is 2.49. The minimum Gasteiger partial charge on any atom is -0.344 e. The van der Waals surface area contributed by atoms with Crippen molar-refractivity contribution in [3.63, 3.8) is 0 Å². The number of allylic oxidation sites excluding steroid dienone is 2. The molecule has 1 aromatic carbocycles. The van der Waals surface area contributed by atoms with Crippen LogP contribution >= 0.6 is 0 Å². The van der Waals surface area contributed by atoms with Gasteiger partial charge in [0.25, 0.3) is 0 Å². The van der Waals surface area contributed by atoms with E-state index >= 15 is 0 Å². The van der Waals surface area contributed by atoms with Crippen molar-refractivity contribution < 1.29 is 0 Å². The Balaban J connectivity index is 2.68. The SMILES string of the molecule is C=C(C)/C=C\c1c(C)c2cc(C)ccc2n1C. The Labute approximate surface area is 103 Å². The third kappa shape index (κ3) is 2.05. The first-order chi connectivity index (χ1) is 8.00. The van der Waals surface area contributed by atoms with E-state index in [1.54, 1.807) is 0 Å². The van der Waals surface area contributed by atoms with Gasteiger partial charge in [-0.1, -0.05) is 29.9 Å². The lowest BCUT2D eigenvalue weighted by Gasteiger charge is -2.00. The van der Waals surface area contributed by atoms with Gasteiger partial charge in [0, 0.05) is 23.6 Å². The van der Waals surface area contributed by atoms with Crippen LogP contribution in [-0.2, 0) is 7.05 Å². The van der Waals surface area contributed by atoms with E-state index in [4.69, 9.17) is 0 Å². The molecule has 0 aliphatic rings. The van der Waals surface area contributed by atoms with E-state index in [9.17, 15) is 0 Å². The van der Waals surface area contributed by atoms with Gasteiger partial charge in [0.2, 0.25) is 0 Å². The molecule has 1 aromatic heterocycles. The maximum absolute atomic E-state index is 3.90. The Morgan fingerprint density at radius 3 is 2.65 bits per heavy atom. The minimum atomic E-state index is 1.07. The molecule has 0 bridgehead atoms. The van der Waals surface area contributed by atoms with Crippen LogP contribution in [0.25, 0.3) is 17.0 Å². The predicted octanol–water partition coefficient (Wildman–Crippen LogP) is 4.38. The molecular weight excluding hydrogens is 206 g/mol. The van der Waals surface area contributed by atoms with Gasteiger partial charge in [-0.05, 0) is 44.5 Å². The summed E-state index contributed by atoms with van der Waals surface area (Å²) in [5, 5.41) is 1.34. The number of rotatable bonds is 2. The Kier molecular flexibility index (Phi) is 2.93. The van der Waals surface area contributed by atoms with Gasteiger partial charge in [-0.25, -0.2) is 0 Å². The second kappa shape index (κ2) is 4.25. The summed E-state index contributed by atoms with van der Waals surface area (Å²) < 4.78 is 2.24. The zero-order valence-corrected chi connectivity index (χ0v) is 11.0. The number of hydrogen-bond acceptors (Lipinski definition) is 0. The van der Waals surface area contributed by atoms with Crippen LogP contribution in [-0.4, -0.2) is 4.57 Å². The summed E-state index contributed by atoms with van der Waals surface area (Å²) >= 11 is 0. The van der Waals surface area contributed by atoms with Crippen LogP contribution in [0.4, 0.5) is 0 Å². The van der Waals surface area contributed by atoms with Crippen LogP contribution in [0.15, 0.2) is 36.4 Å². The molecule has 0 amide bonds. The second-order valence-electron chi connectivity index (χ2n) is 4.77. The maximum Gasteiger partial charge on any atom is 0.0485 e. The number of benzene rings is 1. The first kappa shape index (κ1) is 11.7. The Morgan fingerprint density at radius 2 is 2.00 bits per heavy atom. The summed E-state index contributed by atoms with van der Waals surface area (Å²) in [5.41, 5.74) is 6.26. The van der Waals surface area contributed by atoms with Crippen LogP contribution < -0.4 is 0 Å². The molecule has 88 valence electrons. The van der Waals surface area contributed by atoms with E-state index < -0.39 is 0 Å². The highest BCUT2D eigenvalue weighted by atomic mass is 14.9. The van der Waals surface area contributed by atoms with Crippen LogP contribution in [0, 0.1) is 13.8 Å². The highest BCUT2D eigenvalue weighted by Crippen LogP contribution is 2.26. The summed E-state index contributed by atoms with van der Waals surface area (Å²) in [5.74, 6) is 0. The third-order valence-electron chi connectivity index (χ3n) is 3.19. The highest BCUT2D eigenvalue weighted by Gasteiger charge is 2.08. The number of fused-ring (bicyclic) bond motifs is 1. The largest absolute Gasteiger partial charge is 0.344 e. The molecule has 0 aliphatic heterocycles. The van der Waals surface area contributed by atoms with E-state index in [-0.39, 0.29) is 0 Å². The molecule has 0 aliphatic carbocycles. The molecule has 0 radical (unpaired) electrons. The zero-order chi connectivity index (χ0) is 12.6. The lowest BCUT2D eigenvalue weighted by molar-refractivity contribution is 0.948. The molecule has 1 heterocycles. The van der Waals surface area contributed by atoms with Crippen LogP contribution in [0.3, 0.4) is 0 Å². The van der Waals surface area contributed by atoms with E-state index in [0.717, 1.165) is 5.57 Å². The van der Waals surface area contributed by atoms with Gasteiger partial charge < -0.3 is 4.57 Å². The van der Waals surface area contributed by atoms with Crippen molar-refractivity contribution in [2.45, 2.75) is 20.8 Å². The van der Waals surface area contributed by atoms with Gasteiger partial charge in [0.05, 0.1) is 0 Å². The number of nitrogens with zero attached hydrogens (tertiary/aromatic N) is 1. The first-order valence-corrected chi connectivity index (χ1v) is 5.90. The van der Waals surface area contributed by atoms with Crippen molar-refractivity contribution in [2.24, 2.45) is 7.05 Å².